The number of nitrogens with two attached hydrogens (primary N) is 1. The van der Waals surface area contributed by atoms with E-state index < -0.39 is 100.0 Å². The van der Waals surface area contributed by atoms with Crippen LogP contribution < -0.4 is 51.3 Å². The molecule has 4 aromatic heterocycles. The summed E-state index contributed by atoms with van der Waals surface area (Å²) in [5, 5.41) is 46.8. The number of nitrogen functional groups attached to an aromatic ring is 1. The van der Waals surface area contributed by atoms with Crippen LogP contribution in [0.5, 0.6) is 23.0 Å². The van der Waals surface area contributed by atoms with Gasteiger partial charge in [0.25, 0.3) is 11.8 Å². The van der Waals surface area contributed by atoms with Crippen LogP contribution >= 0.6 is 45.9 Å². The van der Waals surface area contributed by atoms with E-state index in [1.54, 1.807) is 133 Å². The number of benzene rings is 6. The van der Waals surface area contributed by atoms with E-state index >= 15 is 0 Å². The quantitative estimate of drug-likeness (QED) is 0.00992. The summed E-state index contributed by atoms with van der Waals surface area (Å²) in [5.41, 5.74) is 13.6. The van der Waals surface area contributed by atoms with Gasteiger partial charge in [0, 0.05) is 96.7 Å². The number of hydrogen-bond donors (Lipinski definition) is 9. The average Bonchev–Trinajstić information content (AvgIpc) is 1.46. The van der Waals surface area contributed by atoms with Crippen molar-refractivity contribution in [3.8, 4) is 43.9 Å². The molecule has 10 N–H and O–H groups in total. The summed E-state index contributed by atoms with van der Waals surface area (Å²) in [6, 6.07) is 30.6. The lowest BCUT2D eigenvalue weighted by Crippen LogP contribution is -2.59. The smallest absolute Gasteiger partial charge is 0.306 e. The maximum absolute atomic E-state index is 14.7. The molecule has 4 aliphatic carbocycles. The van der Waals surface area contributed by atoms with Crippen molar-refractivity contribution >= 4 is 126 Å². The Morgan fingerprint density at radius 3 is 1.32 bits per heavy atom. The number of rotatable bonds is 37. The van der Waals surface area contributed by atoms with Crippen LogP contribution in [0.2, 0.25) is 10.0 Å². The minimum Gasteiger partial charge on any atom is -0.491 e. The number of aromatic nitrogens is 4. The molecule has 0 unspecified atom stereocenters. The summed E-state index contributed by atoms with van der Waals surface area (Å²) in [6.07, 6.45) is 9.41. The molecule has 7 amide bonds. The molecule has 8 atom stereocenters. The number of carboxylic acid groups (broad SMARTS) is 1. The van der Waals surface area contributed by atoms with E-state index in [0.717, 1.165) is 117 Å². The Morgan fingerprint density at radius 1 is 0.503 bits per heavy atom. The highest BCUT2D eigenvalue weighted by Gasteiger charge is 2.55. The summed E-state index contributed by atoms with van der Waals surface area (Å²) in [5.74, 6) is -2.50. The number of carbonyl (C=O) groups is 8. The number of thiazole rings is 2. The lowest BCUT2D eigenvalue weighted by atomic mass is 9.73. The molecule has 6 fully saturated rings. The predicted octanol–water partition coefficient (Wildman–Crippen LogP) is 17.9. The van der Waals surface area contributed by atoms with Crippen LogP contribution in [0.4, 0.5) is 28.9 Å². The second kappa shape index (κ2) is 48.3. The van der Waals surface area contributed by atoms with Gasteiger partial charge in [0.2, 0.25) is 29.5 Å². The van der Waals surface area contributed by atoms with Gasteiger partial charge in [-0.05, 0) is 239 Å². The Labute approximate surface area is 858 Å². The van der Waals surface area contributed by atoms with Crippen LogP contribution in [0.15, 0.2) is 145 Å². The Morgan fingerprint density at radius 2 is 0.924 bits per heavy atom. The molecule has 16 rings (SSSR count). The van der Waals surface area contributed by atoms with E-state index in [1.165, 1.54) is 44.6 Å². The number of halogens is 6. The number of anilines is 2. The van der Waals surface area contributed by atoms with Gasteiger partial charge in [0.1, 0.15) is 85.2 Å². The van der Waals surface area contributed by atoms with E-state index in [-0.39, 0.29) is 165 Å². The number of carbonyl (C=O) groups excluding carboxylic acids is 7. The highest BCUT2D eigenvalue weighted by molar-refractivity contribution is 7.13. The highest BCUT2D eigenvalue weighted by Crippen LogP contribution is 2.47. The number of β-amino-alcohol motifs (C(OH)–C–C–N with tert-alkyl or cyclic N) is 2. The topological polar surface area (TPSA) is 397 Å². The number of aryl methyl sites for hydroxylation is 2. The summed E-state index contributed by atoms with van der Waals surface area (Å²) in [6.45, 7) is 19.9. The molecule has 6 aromatic carbocycles. The number of hydrogen-bond acceptors (Lipinski definition) is 23. The van der Waals surface area contributed by atoms with E-state index in [0.29, 0.717) is 61.5 Å². The Kier molecular flexibility index (Phi) is 36.3. The van der Waals surface area contributed by atoms with Gasteiger partial charge in [-0.25, -0.2) is 27.5 Å². The van der Waals surface area contributed by atoms with Crippen LogP contribution in [0.1, 0.15) is 191 Å². The number of amides is 7. The van der Waals surface area contributed by atoms with Crippen molar-refractivity contribution in [2.75, 3.05) is 77.0 Å². The third-order valence-corrected chi connectivity index (χ3v) is 30.5. The largest absolute Gasteiger partial charge is 0.491 e. The molecule has 29 nitrogen and oxygen atoms in total. The number of ether oxygens (including phenoxy) is 6. The summed E-state index contributed by atoms with van der Waals surface area (Å²) in [7, 11) is 0. The monoisotopic (exact) mass is 2070 g/mol. The van der Waals surface area contributed by atoms with Gasteiger partial charge in [-0.2, -0.15) is 0 Å². The van der Waals surface area contributed by atoms with Crippen molar-refractivity contribution in [3.63, 3.8) is 0 Å². The van der Waals surface area contributed by atoms with Crippen LogP contribution in [0, 0.1) is 60.0 Å². The number of aliphatic carboxylic acids is 1. The number of nitrogens with one attached hydrogen (secondary N) is 5. The van der Waals surface area contributed by atoms with E-state index in [9.17, 15) is 66.1 Å². The van der Waals surface area contributed by atoms with Crippen LogP contribution in [-0.4, -0.2) is 206 Å². The van der Waals surface area contributed by atoms with E-state index in [2.05, 4.69) is 46.5 Å². The first-order chi connectivity index (χ1) is 69.1. The van der Waals surface area contributed by atoms with E-state index in [1.807, 2.05) is 69.3 Å². The van der Waals surface area contributed by atoms with Crippen molar-refractivity contribution in [1.29, 1.82) is 0 Å². The van der Waals surface area contributed by atoms with Crippen molar-refractivity contribution in [2.45, 2.75) is 232 Å². The number of fused-ring (bicyclic) bond motifs is 2. The van der Waals surface area contributed by atoms with Gasteiger partial charge in [-0.3, -0.25) is 48.3 Å². The zero-order valence-electron chi connectivity index (χ0n) is 83.1. The van der Waals surface area contributed by atoms with Gasteiger partial charge in [-0.1, -0.05) is 103 Å². The zero-order chi connectivity index (χ0) is 104. The van der Waals surface area contributed by atoms with E-state index in [4.69, 9.17) is 62.5 Å². The molecule has 0 spiro atoms. The Hall–Kier alpha value is -11.7. The number of pyridine rings is 2. The molecule has 6 heterocycles. The first-order valence-electron chi connectivity index (χ1n) is 49.3. The molecule has 145 heavy (non-hydrogen) atoms. The number of nitrogens with zero attached hydrogens (tertiary/aromatic N) is 6. The molecular formula is C108H128Cl2F4N12O17S2. The van der Waals surface area contributed by atoms with Crippen LogP contribution in [0.25, 0.3) is 42.7 Å². The maximum Gasteiger partial charge on any atom is 0.306 e. The molecule has 2 saturated heterocycles. The third-order valence-electron chi connectivity index (χ3n) is 28.0. The van der Waals surface area contributed by atoms with Crippen molar-refractivity contribution in [2.24, 2.45) is 34.5 Å². The average molecular weight is 2080 g/mol. The molecule has 10 aromatic rings. The standard InChI is InChI=1S/C54H63ClF2N6O8S.C36H45ClFN5O7S.C18H20FNO2/c1-31(33-6-8-34(9-7-33)40-16-19-58-43-14-12-37(56)25-41(40)43)49(65)61-38-13-15-45(42(55)26-38)70-22-20-69-21-23-71-46-24-35(47-32(2)60-30-72-47)10-11-36(46)28-59-50(66)44-27-39(64)29-63(44)51(67)48(53(3,4)5)62-52(68)54(57)17-18-54;1-21-30(51-20-41-21)22-5-6-23(28(15-22)49-13-11-48-12-14-50-29-16-24(39)7-8-26(29)37)18-40-32(45)27-17-25(44)19-43(27)33(46)31(35(2,3)4)42-34(47)36(38)9-10-36;1-11(18(21)22)12-2-4-13(5-3-12)15-8-9-20-17-7-6-14(19)10-16(15)17/h10-16,19,24-26,30-31,33-34,39,44,48,64H,6-9,17-18,20-23,27-29H2,1-5H3,(H,59,66)(H,61,65)(H,62,68);5-8,15-16,20,25,27,31,44H,9-14,17-19,39H2,1-4H3,(H,40,45)(H,42,47);6-13H,2-5H2,1H3,(H,21,22)/t31-,33?,34?,39-,44+,48-;25-,27+,31-;11-,12?,13?/m111/s1. The van der Waals surface area contributed by atoms with Crippen molar-refractivity contribution < 1.29 is 99.7 Å². The molecule has 2 aliphatic heterocycles. The fourth-order valence-corrected chi connectivity index (χ4v) is 21.1. The molecule has 0 radical (unpaired) electrons. The normalized spacial score (nSPS) is 20.2. The first-order valence-corrected chi connectivity index (χ1v) is 51.8. The number of carboxylic acids is 1. The van der Waals surface area contributed by atoms with Crippen LogP contribution in [-0.2, 0) is 60.9 Å². The molecule has 37 heteroatoms. The number of likely N-dealkylation sites (tertiary alicyclic amines) is 2. The lowest BCUT2D eigenvalue weighted by Gasteiger charge is -2.35. The predicted molar refractivity (Wildman–Crippen MR) is 548 cm³/mol. The summed E-state index contributed by atoms with van der Waals surface area (Å²) in [4.78, 5) is 127. The van der Waals surface area contributed by atoms with Crippen LogP contribution in [0.3, 0.4) is 0 Å². The Balaban J connectivity index is 0.000000196. The van der Waals surface area contributed by atoms with Gasteiger partial charge in [-0.15, -0.1) is 22.7 Å². The Bertz CT molecular complexity index is 6280. The number of aliphatic hydroxyl groups is 2. The SMILES string of the molecule is C[C@@H](C(=O)O)C1CCC(c2ccnc3ccc(F)cc23)CC1.Cc1ncsc1-c1ccc(CNC(=O)[C@@H]2C[C@@H](O)CN2C(=O)[C@@H](NC(=O)C2(F)CC2)C(C)(C)C)c(OCCOCCOc2cc(N)ccc2Cl)c1.Cc1ncsc1-c1ccc(CNC(=O)[C@@H]2C[C@@H](O)CN2C(=O)[C@@H](NC(=O)C2(F)CC2)C(C)(C)C)c(OCCOCCOc2ccc(NC(=O)[C@H](C)C3CCC(c4ccnc5ccc(F)cc45)CC3)cc2Cl)c1. The van der Waals surface area contributed by atoms with Crippen molar-refractivity contribution in [1.82, 2.24) is 51.0 Å². The second-order valence-electron chi connectivity index (χ2n) is 40.6. The highest BCUT2D eigenvalue weighted by atomic mass is 35.5. The van der Waals surface area contributed by atoms with Gasteiger partial charge >= 0.3 is 5.97 Å². The van der Waals surface area contributed by atoms with Gasteiger partial charge < -0.3 is 85.9 Å². The minimum atomic E-state index is -1.99. The second-order valence-corrected chi connectivity index (χ2v) is 43.1. The lowest BCUT2D eigenvalue weighted by molar-refractivity contribution is -0.145. The summed E-state index contributed by atoms with van der Waals surface area (Å²) >= 11 is 15.7. The molecule has 776 valence electrons. The molecule has 0 bridgehead atoms. The molecule has 6 aliphatic rings. The zero-order valence-corrected chi connectivity index (χ0v) is 86.2. The number of aliphatic hydroxyl groups excluding tert-OH is 2. The fraction of sp³-hybridized carbons (Fsp3) is 0.481. The minimum absolute atomic E-state index is 0.0000132. The third kappa shape index (κ3) is 28.2. The summed E-state index contributed by atoms with van der Waals surface area (Å²) < 4.78 is 92.3. The van der Waals surface area contributed by atoms with Gasteiger partial charge in [0.15, 0.2) is 11.3 Å². The van der Waals surface area contributed by atoms with Crippen molar-refractivity contribution in [3.05, 3.63) is 200 Å². The molecular weight excluding hydrogens is 1950 g/mol. The fourth-order valence-electron chi connectivity index (χ4n) is 19.0. The van der Waals surface area contributed by atoms with Gasteiger partial charge in [0.05, 0.1) is 97.8 Å². The first kappa shape index (κ1) is 109. The molecule has 4 saturated carbocycles. The number of alkyl halides is 2. The maximum atomic E-state index is 14.7.